The molecule has 0 saturated carbocycles. The van der Waals surface area contributed by atoms with Gasteiger partial charge in [0.2, 0.25) is 0 Å². The molecule has 0 fully saturated rings. The van der Waals surface area contributed by atoms with Crippen molar-refractivity contribution >= 4 is 17.7 Å². The van der Waals surface area contributed by atoms with E-state index in [0.29, 0.717) is 0 Å². The number of carbonyl (C=O) groups excluding carboxylic acids is 1. The summed E-state index contributed by atoms with van der Waals surface area (Å²) < 4.78 is 0. The topological polar surface area (TPSA) is 70.1 Å². The van der Waals surface area contributed by atoms with Gasteiger partial charge in [-0.05, 0) is 18.7 Å². The van der Waals surface area contributed by atoms with E-state index in [-0.39, 0.29) is 56.9 Å². The molecule has 0 aromatic heterocycles. The molecule has 9 heavy (non-hydrogen) atoms. The third kappa shape index (κ3) is 258. The minimum Gasteiger partial charge on any atom is -0.870 e. The van der Waals surface area contributed by atoms with E-state index in [9.17, 15) is 0 Å². The maximum absolute atomic E-state index is 8.89. The van der Waals surface area contributed by atoms with Gasteiger partial charge in [0.1, 0.15) is 0 Å². The molecule has 5 heteroatoms. The van der Waals surface area contributed by atoms with Crippen molar-refractivity contribution in [1.29, 1.82) is 0 Å². The van der Waals surface area contributed by atoms with Gasteiger partial charge in [-0.2, -0.15) is 0 Å². The van der Waals surface area contributed by atoms with Gasteiger partial charge < -0.3 is 15.4 Å². The zero-order chi connectivity index (χ0) is 6.28. The van der Waals surface area contributed by atoms with E-state index in [1.54, 1.807) is 0 Å². The van der Waals surface area contributed by atoms with Crippen molar-refractivity contribution in [1.82, 2.24) is 0 Å². The molecule has 0 saturated heterocycles. The summed E-state index contributed by atoms with van der Waals surface area (Å²) in [6, 6.07) is 0. The van der Waals surface area contributed by atoms with Crippen LogP contribution in [0.25, 0.3) is 0 Å². The van der Waals surface area contributed by atoms with Crippen molar-refractivity contribution in [3.05, 3.63) is 0 Å². The van der Waals surface area contributed by atoms with Crippen LogP contribution < -0.4 is 56.5 Å². The van der Waals surface area contributed by atoms with Crippen LogP contribution in [0.3, 0.4) is 0 Å². The summed E-state index contributed by atoms with van der Waals surface area (Å²) in [7, 11) is 0. The molecule has 0 unspecified atom stereocenters. The second-order valence-corrected chi connectivity index (χ2v) is 1.83. The smallest absolute Gasteiger partial charge is 0.870 e. The number of rotatable bonds is 0. The summed E-state index contributed by atoms with van der Waals surface area (Å²) in [5, 5.41) is 8.89. The third-order valence-electron chi connectivity index (χ3n) is 0. The van der Waals surface area contributed by atoms with Crippen LogP contribution in [0.5, 0.6) is 0 Å². The molecular weight excluding hydrogens is 167 g/mol. The van der Waals surface area contributed by atoms with Crippen LogP contribution >= 0.6 is 0 Å². The number of carbonyl (C=O) groups is 1. The van der Waals surface area contributed by atoms with Crippen molar-refractivity contribution in [2.75, 3.05) is 12.5 Å². The number of carboxylic acid groups (broad SMARTS) is 1. The molecule has 0 rings (SSSR count). The Hall–Kier alpha value is 1.42. The molecule has 52 valence electrons. The van der Waals surface area contributed by atoms with Crippen molar-refractivity contribution in [3.8, 4) is 0 Å². The molecule has 0 aromatic carbocycles. The summed E-state index contributed by atoms with van der Waals surface area (Å²) in [5.74, 6) is -1.08. The number of thiol groups is 1. The van der Waals surface area contributed by atoms with Gasteiger partial charge in [-0.3, -0.25) is 0 Å². The van der Waals surface area contributed by atoms with E-state index >= 15 is 0 Å². The van der Waals surface area contributed by atoms with Crippen LogP contribution in [0.2, 0.25) is 0 Å². The minimum absolute atomic E-state index is 0. The van der Waals surface area contributed by atoms with Crippen LogP contribution in [0.4, 0.5) is 0 Å². The first-order chi connectivity index (χ1) is 3.15. The van der Waals surface area contributed by atoms with Crippen LogP contribution in [0, 0.1) is 0 Å². The Kier molecular flexibility index (Phi) is 56.7. The molecular formula is C4H11KO3S. The largest absolute Gasteiger partial charge is 1.00 e. The van der Waals surface area contributed by atoms with E-state index in [4.69, 9.17) is 9.90 Å². The summed E-state index contributed by atoms with van der Waals surface area (Å²) in [6.07, 6.45) is 4.19. The van der Waals surface area contributed by atoms with E-state index in [2.05, 4.69) is 12.5 Å². The Labute approximate surface area is 102 Å². The molecule has 1 N–H and O–H groups in total. The fraction of sp³-hybridized carbons (Fsp3) is 0.750. The van der Waals surface area contributed by atoms with Crippen LogP contribution in [-0.4, -0.2) is 24.0 Å². The van der Waals surface area contributed by atoms with E-state index in [1.165, 1.54) is 11.8 Å². The molecule has 0 amide bonds. The molecule has 0 spiro atoms. The summed E-state index contributed by atoms with van der Waals surface area (Å²) in [4.78, 5) is 8.89. The van der Waals surface area contributed by atoms with E-state index in [1.807, 2.05) is 0 Å². The van der Waals surface area contributed by atoms with Gasteiger partial charge in [0.25, 0.3) is 0 Å². The predicted octanol–water partition coefficient (Wildman–Crippen LogP) is -4.36. The van der Waals surface area contributed by atoms with Crippen molar-refractivity contribution in [2.45, 2.75) is 6.92 Å². The molecule has 0 aliphatic carbocycles. The zero-order valence-electron chi connectivity index (χ0n) is 6.21. The fourth-order valence-corrected chi connectivity index (χ4v) is 0. The average molecular weight is 178 g/mol. The quantitative estimate of drug-likeness (QED) is 0.214. The maximum Gasteiger partial charge on any atom is 1.00 e. The summed E-state index contributed by atoms with van der Waals surface area (Å²) in [6.45, 7) is 0.972. The second-order valence-electron chi connectivity index (χ2n) is 0.939. The van der Waals surface area contributed by atoms with E-state index in [0.717, 1.165) is 6.92 Å². The molecule has 0 bridgehead atoms. The first kappa shape index (κ1) is 22.4. The Morgan fingerprint density at radius 3 is 1.44 bits per heavy atom. The van der Waals surface area contributed by atoms with Gasteiger partial charge in [0.05, 0.1) is 12.5 Å². The third-order valence-corrected chi connectivity index (χ3v) is 0. The monoisotopic (exact) mass is 178 g/mol. The van der Waals surface area contributed by atoms with Crippen molar-refractivity contribution < 1.29 is 66.8 Å². The van der Waals surface area contributed by atoms with Gasteiger partial charge in [0.15, 0.2) is 0 Å². The Morgan fingerprint density at radius 2 is 1.44 bits per heavy atom. The van der Waals surface area contributed by atoms with Gasteiger partial charge in [-0.15, -0.1) is 0 Å². The average Bonchev–Trinajstić information content (AvgIpc) is 1.33. The molecule has 0 aromatic rings. The standard InChI is InChI=1S/C2H4O2.C2H6S.K.H2O/c1-2(3)4;1-3-2;;/h1H3,(H,3,4);1-2H3;;1H2/q;;+1;/p-1. The fourth-order valence-electron chi connectivity index (χ4n) is 0. The molecule has 0 heterocycles. The van der Waals surface area contributed by atoms with Gasteiger partial charge in [-0.1, -0.05) is 0 Å². The molecule has 0 aliphatic rings. The predicted molar refractivity (Wildman–Crippen MR) is 33.2 cm³/mol. The molecule has 3 nitrogen and oxygen atoms in total. The summed E-state index contributed by atoms with van der Waals surface area (Å²) >= 11 is 1.42. The molecule has 0 aliphatic heterocycles. The number of hydrogen-bond donors (Lipinski definition) is 0. The van der Waals surface area contributed by atoms with Gasteiger partial charge in [-0.25, -0.2) is 0 Å². The number of aliphatic carboxylic acids is 1. The van der Waals surface area contributed by atoms with Crippen LogP contribution in [-0.2, 0) is 16.6 Å². The Bertz CT molecular complexity index is 47.1. The normalized spacial score (nSPS) is 4.78. The zero-order valence-corrected chi connectivity index (χ0v) is 10.2. The van der Waals surface area contributed by atoms with E-state index < -0.39 is 5.97 Å². The van der Waals surface area contributed by atoms with Crippen LogP contribution in [0.15, 0.2) is 0 Å². The van der Waals surface area contributed by atoms with Crippen LogP contribution in [0.1, 0.15) is 6.92 Å². The maximum atomic E-state index is 8.89. The Morgan fingerprint density at radius 1 is 1.44 bits per heavy atom. The van der Waals surface area contributed by atoms with Gasteiger partial charge >= 0.3 is 51.4 Å². The van der Waals surface area contributed by atoms with Crippen molar-refractivity contribution in [2.24, 2.45) is 0 Å². The Balaban J connectivity index is -0.0000000233. The minimum atomic E-state index is -1.08. The van der Waals surface area contributed by atoms with Crippen molar-refractivity contribution in [3.63, 3.8) is 0 Å². The first-order valence-electron chi connectivity index (χ1n) is 1.80. The molecule has 0 atom stereocenters. The first-order valence-corrected chi connectivity index (χ1v) is 3.59. The number of carboxylic acids is 1. The SMILES string of the molecule is CC(=O)[O-].C[SH+]C.[K+].[OH-]. The number of hydrogen-bond acceptors (Lipinski definition) is 3. The molecule has 0 radical (unpaired) electrons. The summed E-state index contributed by atoms with van der Waals surface area (Å²) in [5.41, 5.74) is 0. The van der Waals surface area contributed by atoms with Gasteiger partial charge in [0, 0.05) is 5.97 Å². The second kappa shape index (κ2) is 22.7.